The molecule has 1 heterocycles. The molecule has 1 aromatic heterocycles. The van der Waals surface area contributed by atoms with E-state index in [-0.39, 0.29) is 17.9 Å². The van der Waals surface area contributed by atoms with Gasteiger partial charge >= 0.3 is 5.97 Å². The average molecular weight is 646 g/mol. The fourth-order valence-electron chi connectivity index (χ4n) is 4.91. The van der Waals surface area contributed by atoms with Gasteiger partial charge in [-0.05, 0) is 54.4 Å². The number of nitrogens with one attached hydrogen (secondary N) is 2. The highest BCUT2D eigenvalue weighted by Gasteiger charge is 2.31. The second-order valence-electron chi connectivity index (χ2n) is 10.3. The van der Waals surface area contributed by atoms with Crippen LogP contribution in [0.5, 0.6) is 0 Å². The molecule has 0 fully saturated rings. The number of carboxylic acids is 1. The van der Waals surface area contributed by atoms with Crippen molar-refractivity contribution in [1.29, 1.82) is 0 Å². The Labute approximate surface area is 266 Å². The number of rotatable bonds is 11. The molecule has 4 aromatic carbocycles. The Morgan fingerprint density at radius 3 is 2.24 bits per heavy atom. The number of hydrogen-bond acceptors (Lipinski definition) is 6. The van der Waals surface area contributed by atoms with Crippen LogP contribution in [0.4, 0.5) is 8.78 Å². The highest BCUT2D eigenvalue weighted by atomic mass is 35.5. The van der Waals surface area contributed by atoms with Gasteiger partial charge in [-0.3, -0.25) is 14.4 Å². The Morgan fingerprint density at radius 2 is 1.57 bits per heavy atom. The molecule has 2 atom stereocenters. The molecule has 5 rings (SSSR count). The Kier molecular flexibility index (Phi) is 9.53. The summed E-state index contributed by atoms with van der Waals surface area (Å²) in [7, 11) is 0. The van der Waals surface area contributed by atoms with Crippen LogP contribution >= 0.6 is 11.6 Å². The summed E-state index contributed by atoms with van der Waals surface area (Å²) in [5.41, 5.74) is 0.539. The summed E-state index contributed by atoms with van der Waals surface area (Å²) in [5, 5.41) is 15.2. The Morgan fingerprint density at radius 1 is 0.870 bits per heavy atom. The number of carboxylic acid groups (broad SMARTS) is 1. The van der Waals surface area contributed by atoms with Gasteiger partial charge in [0.25, 0.3) is 11.8 Å². The van der Waals surface area contributed by atoms with E-state index in [1.54, 1.807) is 55.5 Å². The van der Waals surface area contributed by atoms with Crippen LogP contribution < -0.4 is 10.6 Å². The summed E-state index contributed by atoms with van der Waals surface area (Å²) in [6, 6.07) is 17.8. The largest absolute Gasteiger partial charge is 0.478 e. The number of carbonyl (C=O) groups excluding carboxylic acids is 3. The SMILES string of the molecule is CC[C@H](NC(=O)[C@H](Cc1c(F)cccc1F)NC(=O)c1ccc(-c2ccccc2Cl)cc1C(=O)O)C(=O)c1nc2ccccc2o1. The lowest BCUT2D eigenvalue weighted by molar-refractivity contribution is -0.123. The molecule has 0 spiro atoms. The normalized spacial score (nSPS) is 12.3. The predicted octanol–water partition coefficient (Wildman–Crippen LogP) is 6.24. The van der Waals surface area contributed by atoms with E-state index in [1.165, 1.54) is 18.2 Å². The number of benzene rings is 4. The fraction of sp³-hybridized carbons (Fsp3) is 0.147. The van der Waals surface area contributed by atoms with Crippen molar-refractivity contribution in [3.05, 3.63) is 124 Å². The highest BCUT2D eigenvalue weighted by molar-refractivity contribution is 6.33. The van der Waals surface area contributed by atoms with Crippen LogP contribution in [-0.2, 0) is 11.2 Å². The van der Waals surface area contributed by atoms with E-state index in [0.29, 0.717) is 27.2 Å². The number of Topliss-reactive ketones (excluding diaryl/α,β-unsaturated/α-hetero) is 1. The predicted molar refractivity (Wildman–Crippen MR) is 166 cm³/mol. The molecule has 46 heavy (non-hydrogen) atoms. The maximum atomic E-state index is 14.7. The molecule has 12 heteroatoms. The average Bonchev–Trinajstić information content (AvgIpc) is 3.49. The van der Waals surface area contributed by atoms with E-state index in [1.807, 2.05) is 0 Å². The summed E-state index contributed by atoms with van der Waals surface area (Å²) in [6.45, 7) is 1.62. The van der Waals surface area contributed by atoms with Crippen molar-refractivity contribution in [2.75, 3.05) is 0 Å². The molecule has 5 aromatic rings. The van der Waals surface area contributed by atoms with E-state index >= 15 is 0 Å². The third-order valence-corrected chi connectivity index (χ3v) is 7.65. The summed E-state index contributed by atoms with van der Waals surface area (Å²) >= 11 is 6.27. The molecule has 0 radical (unpaired) electrons. The molecule has 3 N–H and O–H groups in total. The molecule has 2 amide bonds. The molecular weight excluding hydrogens is 620 g/mol. The number of nitrogens with zero attached hydrogens (tertiary/aromatic N) is 1. The van der Waals surface area contributed by atoms with Crippen LogP contribution in [0.2, 0.25) is 5.02 Å². The minimum atomic E-state index is -1.63. The quantitative estimate of drug-likeness (QED) is 0.145. The lowest BCUT2D eigenvalue weighted by atomic mass is 9.97. The minimum absolute atomic E-state index is 0.0880. The topological polar surface area (TPSA) is 139 Å². The van der Waals surface area contributed by atoms with Crippen LogP contribution in [0.15, 0.2) is 89.3 Å². The Bertz CT molecular complexity index is 1920. The van der Waals surface area contributed by atoms with Gasteiger partial charge in [-0.1, -0.05) is 61.0 Å². The third kappa shape index (κ3) is 6.79. The Balaban J connectivity index is 1.45. The van der Waals surface area contributed by atoms with Gasteiger partial charge in [-0.25, -0.2) is 18.6 Å². The van der Waals surface area contributed by atoms with E-state index < -0.39 is 64.8 Å². The van der Waals surface area contributed by atoms with E-state index in [2.05, 4.69) is 15.6 Å². The van der Waals surface area contributed by atoms with Gasteiger partial charge in [0, 0.05) is 22.6 Å². The zero-order chi connectivity index (χ0) is 33.0. The van der Waals surface area contributed by atoms with Gasteiger partial charge in [-0.15, -0.1) is 0 Å². The van der Waals surface area contributed by atoms with Crippen molar-refractivity contribution >= 4 is 46.3 Å². The number of hydrogen-bond donors (Lipinski definition) is 3. The first-order chi connectivity index (χ1) is 22.1. The third-order valence-electron chi connectivity index (χ3n) is 7.32. The first-order valence-corrected chi connectivity index (χ1v) is 14.5. The van der Waals surface area contributed by atoms with Crippen molar-refractivity contribution in [2.45, 2.75) is 31.8 Å². The molecule has 0 saturated carbocycles. The standard InChI is InChI=1S/C34H26ClF2N3O6/c1-2-26(30(41)33-40-27-12-5-6-13-29(27)46-33)38-32(43)28(17-22-24(36)10-7-11-25(22)37)39-31(42)20-15-14-18(16-21(20)34(44)45)19-8-3-4-9-23(19)35/h3-16,26,28H,2,17H2,1H3,(H,38,43)(H,39,42)(H,44,45)/t26-,28-/m0/s1. The van der Waals surface area contributed by atoms with E-state index in [4.69, 9.17) is 16.0 Å². The number of fused-ring (bicyclic) bond motifs is 1. The lowest BCUT2D eigenvalue weighted by Crippen LogP contribution is -2.52. The number of oxazole rings is 1. The zero-order valence-corrected chi connectivity index (χ0v) is 25.0. The van der Waals surface area contributed by atoms with Gasteiger partial charge in [0.15, 0.2) is 5.58 Å². The molecule has 0 bridgehead atoms. The first-order valence-electron chi connectivity index (χ1n) is 14.1. The van der Waals surface area contributed by atoms with Crippen molar-refractivity contribution in [1.82, 2.24) is 15.6 Å². The number of aromatic carboxylic acids is 1. The molecule has 0 saturated heterocycles. The second-order valence-corrected chi connectivity index (χ2v) is 10.7. The molecule has 0 unspecified atom stereocenters. The van der Waals surface area contributed by atoms with Crippen molar-refractivity contribution in [3.63, 3.8) is 0 Å². The lowest BCUT2D eigenvalue weighted by Gasteiger charge is -2.22. The maximum absolute atomic E-state index is 14.7. The summed E-state index contributed by atoms with van der Waals surface area (Å²) < 4.78 is 34.9. The van der Waals surface area contributed by atoms with Gasteiger partial charge < -0.3 is 20.2 Å². The number of para-hydroxylation sites is 2. The number of halogens is 3. The van der Waals surface area contributed by atoms with Crippen LogP contribution in [0.1, 0.15) is 50.3 Å². The summed E-state index contributed by atoms with van der Waals surface area (Å²) in [6.07, 6.45) is -0.561. The monoisotopic (exact) mass is 645 g/mol. The number of aromatic nitrogens is 1. The number of carbonyl (C=O) groups is 4. The van der Waals surface area contributed by atoms with Crippen LogP contribution in [0, 0.1) is 11.6 Å². The van der Waals surface area contributed by atoms with Gasteiger partial charge in [0.05, 0.1) is 17.2 Å². The number of amides is 2. The minimum Gasteiger partial charge on any atom is -0.478 e. The van der Waals surface area contributed by atoms with Gasteiger partial charge in [-0.2, -0.15) is 0 Å². The van der Waals surface area contributed by atoms with Gasteiger partial charge in [0.1, 0.15) is 23.2 Å². The molecule has 0 aliphatic rings. The fourth-order valence-corrected chi connectivity index (χ4v) is 5.16. The summed E-state index contributed by atoms with van der Waals surface area (Å²) in [5.74, 6) is -6.21. The van der Waals surface area contributed by atoms with E-state index in [0.717, 1.165) is 18.2 Å². The smallest absolute Gasteiger partial charge is 0.336 e. The maximum Gasteiger partial charge on any atom is 0.336 e. The van der Waals surface area contributed by atoms with Crippen molar-refractivity contribution in [2.24, 2.45) is 0 Å². The van der Waals surface area contributed by atoms with Crippen LogP contribution in [0.25, 0.3) is 22.2 Å². The van der Waals surface area contributed by atoms with Crippen molar-refractivity contribution in [3.8, 4) is 11.1 Å². The summed E-state index contributed by atoms with van der Waals surface area (Å²) in [4.78, 5) is 56.8. The molecule has 0 aliphatic heterocycles. The van der Waals surface area contributed by atoms with Crippen LogP contribution in [-0.4, -0.2) is 45.7 Å². The molecular formula is C34H26ClF2N3O6. The number of ketones is 1. The van der Waals surface area contributed by atoms with Crippen LogP contribution in [0.3, 0.4) is 0 Å². The first kappa shape index (κ1) is 32.0. The zero-order valence-electron chi connectivity index (χ0n) is 24.2. The molecule has 234 valence electrons. The highest BCUT2D eigenvalue weighted by Crippen LogP contribution is 2.29. The van der Waals surface area contributed by atoms with E-state index in [9.17, 15) is 33.1 Å². The van der Waals surface area contributed by atoms with Crippen molar-refractivity contribution < 1.29 is 37.5 Å². The molecule has 0 aliphatic carbocycles. The molecule has 9 nitrogen and oxygen atoms in total. The second kappa shape index (κ2) is 13.7. The van der Waals surface area contributed by atoms with Gasteiger partial charge in [0.2, 0.25) is 11.7 Å². The Hall–Kier alpha value is -5.42.